The van der Waals surface area contributed by atoms with E-state index in [4.69, 9.17) is 23.7 Å². The Morgan fingerprint density at radius 3 is 2.63 bits per heavy atom. The first-order valence-corrected chi connectivity index (χ1v) is 10.2. The van der Waals surface area contributed by atoms with Crippen LogP contribution in [0.4, 0.5) is 0 Å². The zero-order valence-corrected chi connectivity index (χ0v) is 16.3. The Hall–Kier alpha value is -1.37. The second-order valence-electron chi connectivity index (χ2n) is 8.60. The maximum Gasteiger partial charge on any atom is 0.371 e. The van der Waals surface area contributed by atoms with Crippen LogP contribution < -0.4 is 0 Å². The molecule has 1 aromatic heterocycles. The van der Waals surface area contributed by atoms with Crippen LogP contribution in [0, 0.1) is 29.6 Å². The van der Waals surface area contributed by atoms with Gasteiger partial charge in [-0.2, -0.15) is 0 Å². The minimum Gasteiger partial charge on any atom is -0.475 e. The smallest absolute Gasteiger partial charge is 0.371 e. The first kappa shape index (κ1) is 19.0. The maximum absolute atomic E-state index is 11.0. The molecule has 0 bridgehead atoms. The molecular weight excluding hydrogens is 348 g/mol. The van der Waals surface area contributed by atoms with Crippen molar-refractivity contribution < 1.29 is 28.5 Å². The Balaban J connectivity index is 1.48. The third-order valence-corrected chi connectivity index (χ3v) is 6.90. The second kappa shape index (κ2) is 7.57. The molecule has 1 N–H and O–H groups in total. The van der Waals surface area contributed by atoms with Crippen LogP contribution in [0.25, 0.3) is 0 Å². The van der Waals surface area contributed by atoms with Gasteiger partial charge in [-0.05, 0) is 56.1 Å². The van der Waals surface area contributed by atoms with E-state index < -0.39 is 5.97 Å². The molecule has 3 heterocycles. The van der Waals surface area contributed by atoms with Crippen molar-refractivity contribution in [2.24, 2.45) is 29.6 Å². The molecule has 3 fully saturated rings. The van der Waals surface area contributed by atoms with Gasteiger partial charge in [0.25, 0.3) is 0 Å². The normalized spacial score (nSPS) is 41.6. The highest BCUT2D eigenvalue weighted by Gasteiger charge is 2.52. The summed E-state index contributed by atoms with van der Waals surface area (Å²) in [6.07, 6.45) is 4.36. The fourth-order valence-corrected chi connectivity index (χ4v) is 5.37. The molecule has 0 spiro atoms. The standard InChI is InChI=1S/C21H30O6/c1-11-4-7-16-13(3)20(24-10-14-6-9-17(26-14)19(22)23)27-21-18(16)15(11)8-5-12(2)25-21/h6,9,11-13,15-16,18,20-21H,4-5,7-8,10H2,1-3H3,(H,22,23)/t11-,12?,13-,15+,16+,18?,20+,21+/m1/s1. The van der Waals surface area contributed by atoms with Crippen LogP contribution in [0.1, 0.15) is 62.8 Å². The summed E-state index contributed by atoms with van der Waals surface area (Å²) in [4.78, 5) is 11.0. The largest absolute Gasteiger partial charge is 0.475 e. The van der Waals surface area contributed by atoms with Gasteiger partial charge in [0.2, 0.25) is 5.76 Å². The zero-order valence-electron chi connectivity index (χ0n) is 16.3. The lowest BCUT2D eigenvalue weighted by molar-refractivity contribution is -0.337. The zero-order chi connectivity index (χ0) is 19.1. The van der Waals surface area contributed by atoms with Crippen molar-refractivity contribution in [3.05, 3.63) is 23.7 Å². The molecule has 8 atom stereocenters. The molecule has 4 rings (SSSR count). The van der Waals surface area contributed by atoms with E-state index in [0.29, 0.717) is 29.4 Å². The van der Waals surface area contributed by atoms with Crippen molar-refractivity contribution in [3.63, 3.8) is 0 Å². The van der Waals surface area contributed by atoms with Gasteiger partial charge in [0, 0.05) is 11.8 Å². The average Bonchev–Trinajstić information content (AvgIpc) is 3.04. The topological polar surface area (TPSA) is 78.1 Å². The minimum atomic E-state index is -1.07. The monoisotopic (exact) mass is 378 g/mol. The SMILES string of the molecule is CC1CC[C@@H]2C3[C@@H](O1)O[C@H](OCc1ccc(C(=O)O)o1)[C@H](C)[C@@H]3CC[C@H]2C. The van der Waals surface area contributed by atoms with E-state index in [1.165, 1.54) is 25.3 Å². The van der Waals surface area contributed by atoms with Gasteiger partial charge in [-0.3, -0.25) is 0 Å². The lowest BCUT2D eigenvalue weighted by Gasteiger charge is -2.51. The van der Waals surface area contributed by atoms with Crippen LogP contribution in [0.5, 0.6) is 0 Å². The predicted molar refractivity (Wildman–Crippen MR) is 96.9 cm³/mol. The molecule has 1 aromatic rings. The summed E-state index contributed by atoms with van der Waals surface area (Å²) in [5.41, 5.74) is 0. The first-order chi connectivity index (χ1) is 12.9. The Morgan fingerprint density at radius 2 is 1.89 bits per heavy atom. The van der Waals surface area contributed by atoms with Gasteiger partial charge < -0.3 is 23.7 Å². The van der Waals surface area contributed by atoms with E-state index >= 15 is 0 Å². The molecule has 6 nitrogen and oxygen atoms in total. The lowest BCUT2D eigenvalue weighted by Crippen LogP contribution is -2.53. The van der Waals surface area contributed by atoms with Crippen LogP contribution in [0.2, 0.25) is 0 Å². The van der Waals surface area contributed by atoms with Crippen molar-refractivity contribution in [2.45, 2.75) is 71.7 Å². The molecule has 3 aliphatic rings. The van der Waals surface area contributed by atoms with E-state index in [9.17, 15) is 4.79 Å². The summed E-state index contributed by atoms with van der Waals surface area (Å²) in [5, 5.41) is 8.98. The Bertz CT molecular complexity index is 669. The molecule has 2 unspecified atom stereocenters. The van der Waals surface area contributed by atoms with Gasteiger partial charge >= 0.3 is 5.97 Å². The molecule has 6 heteroatoms. The second-order valence-corrected chi connectivity index (χ2v) is 8.60. The van der Waals surface area contributed by atoms with Crippen LogP contribution in [0.15, 0.2) is 16.5 Å². The fourth-order valence-electron chi connectivity index (χ4n) is 5.37. The molecule has 27 heavy (non-hydrogen) atoms. The van der Waals surface area contributed by atoms with Gasteiger partial charge in [-0.25, -0.2) is 4.79 Å². The average molecular weight is 378 g/mol. The third kappa shape index (κ3) is 3.67. The van der Waals surface area contributed by atoms with Gasteiger partial charge in [0.05, 0.1) is 6.10 Å². The van der Waals surface area contributed by atoms with E-state index in [1.54, 1.807) is 6.07 Å². The summed E-state index contributed by atoms with van der Waals surface area (Å²) in [5.74, 6) is 1.97. The van der Waals surface area contributed by atoms with Crippen molar-refractivity contribution in [2.75, 3.05) is 0 Å². The number of carboxylic acids is 1. The third-order valence-electron chi connectivity index (χ3n) is 6.90. The number of hydrogen-bond donors (Lipinski definition) is 1. The van der Waals surface area contributed by atoms with Gasteiger partial charge in [0.1, 0.15) is 12.4 Å². The van der Waals surface area contributed by atoms with E-state index in [-0.39, 0.29) is 37.0 Å². The Morgan fingerprint density at radius 1 is 1.11 bits per heavy atom. The minimum absolute atomic E-state index is 0.0729. The van der Waals surface area contributed by atoms with E-state index in [1.807, 2.05) is 0 Å². The molecular formula is C21H30O6. The number of ether oxygens (including phenoxy) is 3. The lowest BCUT2D eigenvalue weighted by atomic mass is 9.61. The van der Waals surface area contributed by atoms with Crippen LogP contribution >= 0.6 is 0 Å². The number of furan rings is 1. The van der Waals surface area contributed by atoms with Gasteiger partial charge in [-0.15, -0.1) is 0 Å². The predicted octanol–water partition coefficient (Wildman–Crippen LogP) is 4.29. The number of rotatable bonds is 4. The molecule has 1 saturated carbocycles. The molecule has 150 valence electrons. The highest BCUT2D eigenvalue weighted by Crippen LogP contribution is 2.52. The Kier molecular flexibility index (Phi) is 5.32. The maximum atomic E-state index is 11.0. The van der Waals surface area contributed by atoms with Crippen molar-refractivity contribution in [1.29, 1.82) is 0 Å². The Labute approximate surface area is 160 Å². The molecule has 0 aromatic carbocycles. The molecule has 2 saturated heterocycles. The highest BCUT2D eigenvalue weighted by molar-refractivity contribution is 5.84. The molecule has 0 amide bonds. The number of carbonyl (C=O) groups is 1. The van der Waals surface area contributed by atoms with E-state index in [2.05, 4.69) is 20.8 Å². The number of aromatic carboxylic acids is 1. The van der Waals surface area contributed by atoms with Crippen LogP contribution in [0.3, 0.4) is 0 Å². The first-order valence-electron chi connectivity index (χ1n) is 10.2. The summed E-state index contributed by atoms with van der Waals surface area (Å²) in [6.45, 7) is 6.90. The molecule has 0 radical (unpaired) electrons. The van der Waals surface area contributed by atoms with Gasteiger partial charge in [-0.1, -0.05) is 20.3 Å². The van der Waals surface area contributed by atoms with Gasteiger partial charge in [0.15, 0.2) is 12.6 Å². The quantitative estimate of drug-likeness (QED) is 0.842. The van der Waals surface area contributed by atoms with Crippen molar-refractivity contribution in [3.8, 4) is 0 Å². The van der Waals surface area contributed by atoms with Crippen LogP contribution in [-0.2, 0) is 20.8 Å². The summed E-state index contributed by atoms with van der Waals surface area (Å²) < 4.78 is 23.9. The summed E-state index contributed by atoms with van der Waals surface area (Å²) >= 11 is 0. The fraction of sp³-hybridized carbons (Fsp3) is 0.762. The summed E-state index contributed by atoms with van der Waals surface area (Å²) in [7, 11) is 0. The summed E-state index contributed by atoms with van der Waals surface area (Å²) in [6, 6.07) is 3.09. The molecule has 2 aliphatic heterocycles. The van der Waals surface area contributed by atoms with E-state index in [0.717, 1.165) is 6.42 Å². The molecule has 1 aliphatic carbocycles. The highest BCUT2D eigenvalue weighted by atomic mass is 16.8. The van der Waals surface area contributed by atoms with Crippen molar-refractivity contribution >= 4 is 5.97 Å². The number of carboxylic acid groups (broad SMARTS) is 1. The number of hydrogen-bond acceptors (Lipinski definition) is 5. The van der Waals surface area contributed by atoms with Crippen LogP contribution in [-0.4, -0.2) is 29.8 Å². The van der Waals surface area contributed by atoms with Crippen molar-refractivity contribution in [1.82, 2.24) is 0 Å².